The Morgan fingerprint density at radius 2 is 1.96 bits per heavy atom. The molecule has 1 aromatic rings. The molecule has 0 aromatic heterocycles. The van der Waals surface area contributed by atoms with Crippen LogP contribution in [-0.2, 0) is 16.0 Å². The van der Waals surface area contributed by atoms with E-state index in [1.165, 1.54) is 12.0 Å². The van der Waals surface area contributed by atoms with Crippen molar-refractivity contribution >= 4 is 11.8 Å². The number of rotatable bonds is 7. The van der Waals surface area contributed by atoms with Crippen molar-refractivity contribution < 1.29 is 9.59 Å². The maximum absolute atomic E-state index is 12.6. The highest BCUT2D eigenvalue weighted by atomic mass is 16.2. The number of amides is 2. The molecule has 1 aromatic carbocycles. The number of piperidine rings is 1. The monoisotopic (exact) mass is 330 g/mol. The molecule has 1 heterocycles. The molecule has 1 atom stereocenters. The lowest BCUT2D eigenvalue weighted by atomic mass is 10.00. The van der Waals surface area contributed by atoms with Crippen molar-refractivity contribution in [2.75, 3.05) is 19.6 Å². The average Bonchev–Trinajstić information content (AvgIpc) is 2.61. The molecule has 4 nitrogen and oxygen atoms in total. The van der Waals surface area contributed by atoms with Crippen molar-refractivity contribution in [3.63, 3.8) is 0 Å². The van der Waals surface area contributed by atoms with Crippen molar-refractivity contribution in [2.24, 2.45) is 0 Å². The molecule has 24 heavy (non-hydrogen) atoms. The fraction of sp³-hybridized carbons (Fsp3) is 0.600. The van der Waals surface area contributed by atoms with Crippen LogP contribution >= 0.6 is 0 Å². The van der Waals surface area contributed by atoms with Crippen LogP contribution in [-0.4, -0.2) is 47.3 Å². The van der Waals surface area contributed by atoms with Crippen molar-refractivity contribution in [2.45, 2.75) is 58.4 Å². The molecule has 0 aliphatic carbocycles. The van der Waals surface area contributed by atoms with Crippen LogP contribution in [0.25, 0.3) is 0 Å². The highest BCUT2D eigenvalue weighted by Gasteiger charge is 2.26. The minimum atomic E-state index is -0.0125. The summed E-state index contributed by atoms with van der Waals surface area (Å²) >= 11 is 0. The Hall–Kier alpha value is -1.84. The quantitative estimate of drug-likeness (QED) is 0.770. The summed E-state index contributed by atoms with van der Waals surface area (Å²) in [6, 6.07) is 10.6. The van der Waals surface area contributed by atoms with Gasteiger partial charge in [-0.1, -0.05) is 37.3 Å². The van der Waals surface area contributed by atoms with Crippen molar-refractivity contribution in [1.29, 1.82) is 0 Å². The summed E-state index contributed by atoms with van der Waals surface area (Å²) in [4.78, 5) is 28.3. The first kappa shape index (κ1) is 18.5. The lowest BCUT2D eigenvalue weighted by molar-refractivity contribution is -0.142. The Labute approximate surface area is 145 Å². The van der Waals surface area contributed by atoms with Gasteiger partial charge < -0.3 is 9.80 Å². The topological polar surface area (TPSA) is 40.6 Å². The van der Waals surface area contributed by atoms with Gasteiger partial charge in [-0.3, -0.25) is 9.59 Å². The molecular weight excluding hydrogens is 300 g/mol. The van der Waals surface area contributed by atoms with Gasteiger partial charge in [0.1, 0.15) is 0 Å². The van der Waals surface area contributed by atoms with Gasteiger partial charge in [-0.05, 0) is 44.1 Å². The third kappa shape index (κ3) is 5.36. The molecule has 4 heteroatoms. The van der Waals surface area contributed by atoms with E-state index in [-0.39, 0.29) is 18.4 Å². The number of likely N-dealkylation sites (tertiary alicyclic amines) is 1. The van der Waals surface area contributed by atoms with Gasteiger partial charge >= 0.3 is 0 Å². The molecule has 1 aliphatic rings. The Bertz CT molecular complexity index is 530. The molecule has 2 rings (SSSR count). The molecule has 0 spiro atoms. The standard InChI is InChI=1S/C20H30N2O2/c1-3-19-13-7-8-15-22(19)20(24)16-21(17(2)23)14-9-12-18-10-5-4-6-11-18/h4-6,10-11,19H,3,7-9,12-16H2,1-2H3. The van der Waals surface area contributed by atoms with Gasteiger partial charge in [0.25, 0.3) is 0 Å². The van der Waals surface area contributed by atoms with Gasteiger partial charge in [0, 0.05) is 26.1 Å². The second kappa shape index (κ2) is 9.45. The predicted octanol–water partition coefficient (Wildman–Crippen LogP) is 3.26. The highest BCUT2D eigenvalue weighted by molar-refractivity contribution is 5.84. The smallest absolute Gasteiger partial charge is 0.242 e. The fourth-order valence-electron chi connectivity index (χ4n) is 3.47. The van der Waals surface area contributed by atoms with E-state index < -0.39 is 0 Å². The van der Waals surface area contributed by atoms with Crippen molar-refractivity contribution in [3.8, 4) is 0 Å². The van der Waals surface area contributed by atoms with Gasteiger partial charge in [-0.2, -0.15) is 0 Å². The molecule has 0 N–H and O–H groups in total. The van der Waals surface area contributed by atoms with Gasteiger partial charge in [-0.25, -0.2) is 0 Å². The molecule has 0 bridgehead atoms. The summed E-state index contributed by atoms with van der Waals surface area (Å²) in [5, 5.41) is 0. The van der Waals surface area contributed by atoms with Crippen LogP contribution < -0.4 is 0 Å². The second-order valence-electron chi connectivity index (χ2n) is 6.67. The first-order chi connectivity index (χ1) is 11.6. The summed E-state index contributed by atoms with van der Waals surface area (Å²) in [6.45, 7) is 5.40. The molecule has 0 radical (unpaired) electrons. The largest absolute Gasteiger partial charge is 0.338 e. The van der Waals surface area contributed by atoms with Crippen LogP contribution in [0.4, 0.5) is 0 Å². The number of benzene rings is 1. The van der Waals surface area contributed by atoms with E-state index in [4.69, 9.17) is 0 Å². The van der Waals surface area contributed by atoms with Gasteiger partial charge in [0.2, 0.25) is 11.8 Å². The maximum atomic E-state index is 12.6. The van der Waals surface area contributed by atoms with E-state index in [2.05, 4.69) is 19.1 Å². The van der Waals surface area contributed by atoms with Crippen LogP contribution in [0.3, 0.4) is 0 Å². The van der Waals surface area contributed by atoms with Crippen LogP contribution in [0.2, 0.25) is 0 Å². The lowest BCUT2D eigenvalue weighted by Crippen LogP contribution is -2.48. The summed E-state index contributed by atoms with van der Waals surface area (Å²) in [5.41, 5.74) is 1.27. The van der Waals surface area contributed by atoms with E-state index in [0.29, 0.717) is 12.6 Å². The zero-order valence-corrected chi connectivity index (χ0v) is 15.0. The Balaban J connectivity index is 1.85. The normalized spacial score (nSPS) is 17.6. The number of hydrogen-bond donors (Lipinski definition) is 0. The Morgan fingerprint density at radius 3 is 2.62 bits per heavy atom. The molecule has 1 saturated heterocycles. The molecule has 1 unspecified atom stereocenters. The van der Waals surface area contributed by atoms with Crippen LogP contribution in [0.15, 0.2) is 30.3 Å². The first-order valence-corrected chi connectivity index (χ1v) is 9.20. The Kier molecular flexibility index (Phi) is 7.29. The fourth-order valence-corrected chi connectivity index (χ4v) is 3.47. The third-order valence-corrected chi connectivity index (χ3v) is 4.93. The van der Waals surface area contributed by atoms with Crippen molar-refractivity contribution in [3.05, 3.63) is 35.9 Å². The summed E-state index contributed by atoms with van der Waals surface area (Å²) in [5.74, 6) is 0.0953. The van der Waals surface area contributed by atoms with E-state index in [1.807, 2.05) is 23.1 Å². The molecule has 1 fully saturated rings. The van der Waals surface area contributed by atoms with Gasteiger partial charge in [-0.15, -0.1) is 0 Å². The maximum Gasteiger partial charge on any atom is 0.242 e. The van der Waals surface area contributed by atoms with E-state index in [9.17, 15) is 9.59 Å². The number of hydrogen-bond acceptors (Lipinski definition) is 2. The molecule has 1 aliphatic heterocycles. The second-order valence-corrected chi connectivity index (χ2v) is 6.67. The number of nitrogens with zero attached hydrogens (tertiary/aromatic N) is 2. The number of aryl methyl sites for hydroxylation is 1. The van der Waals surface area contributed by atoms with Crippen LogP contribution in [0.1, 0.15) is 51.5 Å². The zero-order chi connectivity index (χ0) is 17.4. The van der Waals surface area contributed by atoms with Crippen LogP contribution in [0, 0.1) is 0 Å². The highest BCUT2D eigenvalue weighted by Crippen LogP contribution is 2.19. The summed E-state index contributed by atoms with van der Waals surface area (Å²) in [6.07, 6.45) is 6.19. The average molecular weight is 330 g/mol. The van der Waals surface area contributed by atoms with E-state index >= 15 is 0 Å². The first-order valence-electron chi connectivity index (χ1n) is 9.20. The van der Waals surface area contributed by atoms with Gasteiger partial charge in [0.15, 0.2) is 0 Å². The third-order valence-electron chi connectivity index (χ3n) is 4.93. The minimum Gasteiger partial charge on any atom is -0.338 e. The molecule has 2 amide bonds. The number of carbonyl (C=O) groups is 2. The zero-order valence-electron chi connectivity index (χ0n) is 15.0. The predicted molar refractivity (Wildman–Crippen MR) is 96.7 cm³/mol. The van der Waals surface area contributed by atoms with E-state index in [0.717, 1.165) is 38.6 Å². The van der Waals surface area contributed by atoms with Gasteiger partial charge in [0.05, 0.1) is 6.54 Å². The molecule has 0 saturated carbocycles. The van der Waals surface area contributed by atoms with E-state index in [1.54, 1.807) is 11.8 Å². The minimum absolute atomic E-state index is 0.0125. The van der Waals surface area contributed by atoms with Crippen molar-refractivity contribution in [1.82, 2.24) is 9.80 Å². The van der Waals surface area contributed by atoms with Crippen LogP contribution in [0.5, 0.6) is 0 Å². The summed E-state index contributed by atoms with van der Waals surface area (Å²) < 4.78 is 0. The SMILES string of the molecule is CCC1CCCCN1C(=O)CN(CCCc1ccccc1)C(C)=O. The molecule has 132 valence electrons. The lowest BCUT2D eigenvalue weighted by Gasteiger charge is -2.36. The Morgan fingerprint density at radius 1 is 1.21 bits per heavy atom. The summed E-state index contributed by atoms with van der Waals surface area (Å²) in [7, 11) is 0. The number of carbonyl (C=O) groups excluding carboxylic acids is 2. The molecular formula is C20H30N2O2.